The predicted octanol–water partition coefficient (Wildman–Crippen LogP) is 3.72. The molecule has 1 heterocycles. The Labute approximate surface area is 178 Å². The summed E-state index contributed by atoms with van der Waals surface area (Å²) in [5, 5.41) is 10.3. The Balaban J connectivity index is 1.83. The Morgan fingerprint density at radius 3 is 2.79 bits per heavy atom. The number of esters is 1. The van der Waals surface area contributed by atoms with E-state index in [0.717, 1.165) is 22.0 Å². The van der Waals surface area contributed by atoms with Crippen LogP contribution in [0.1, 0.15) is 28.8 Å². The smallest absolute Gasteiger partial charge is 0.341 e. The summed E-state index contributed by atoms with van der Waals surface area (Å²) in [6, 6.07) is 5.92. The lowest BCUT2D eigenvalue weighted by Gasteiger charge is -2.15. The van der Waals surface area contributed by atoms with Crippen molar-refractivity contribution >= 4 is 57.0 Å². The predicted molar refractivity (Wildman–Crippen MR) is 113 cm³/mol. The van der Waals surface area contributed by atoms with Crippen molar-refractivity contribution in [2.75, 3.05) is 11.9 Å². The minimum atomic E-state index is -0.980. The largest absolute Gasteiger partial charge is 0.462 e. The van der Waals surface area contributed by atoms with Crippen LogP contribution in [0.15, 0.2) is 24.3 Å². The van der Waals surface area contributed by atoms with Crippen LogP contribution in [0.2, 0.25) is 0 Å². The van der Waals surface area contributed by atoms with E-state index in [2.05, 4.69) is 38.2 Å². The number of aromatic nitrogens is 3. The Kier molecular flexibility index (Phi) is 5.11. The molecule has 0 saturated heterocycles. The average Bonchev–Trinajstić information content (AvgIpc) is 3.40. The van der Waals surface area contributed by atoms with Crippen LogP contribution in [0.25, 0.3) is 11.0 Å². The van der Waals surface area contributed by atoms with Gasteiger partial charge < -0.3 is 15.8 Å². The van der Waals surface area contributed by atoms with E-state index < -0.39 is 17.8 Å². The standard InChI is InChI=1S/C19H17FIN5O3/c1-9-6-11(21)4-5-13(9)23-16-12(18(27)29-8-10-2-3-10)7-14-17(15(16)20)26(19(22)28)25-24-14/h4-7,10,23H,2-3,8H2,1H3,(H2,22,28). The van der Waals surface area contributed by atoms with E-state index in [1.54, 1.807) is 6.07 Å². The molecule has 0 bridgehead atoms. The topological polar surface area (TPSA) is 112 Å². The van der Waals surface area contributed by atoms with Gasteiger partial charge in [-0.3, -0.25) is 0 Å². The van der Waals surface area contributed by atoms with Gasteiger partial charge in [-0.25, -0.2) is 14.0 Å². The van der Waals surface area contributed by atoms with Crippen LogP contribution in [0.5, 0.6) is 0 Å². The Bertz CT molecular complexity index is 1140. The van der Waals surface area contributed by atoms with Crippen molar-refractivity contribution in [2.24, 2.45) is 11.7 Å². The number of nitrogens with one attached hydrogen (secondary N) is 1. The molecule has 0 aliphatic heterocycles. The average molecular weight is 509 g/mol. The molecule has 29 heavy (non-hydrogen) atoms. The third-order valence-corrected chi connectivity index (χ3v) is 5.37. The summed E-state index contributed by atoms with van der Waals surface area (Å²) < 4.78 is 22.5. The molecule has 3 N–H and O–H groups in total. The van der Waals surface area contributed by atoms with Gasteiger partial charge >= 0.3 is 12.0 Å². The van der Waals surface area contributed by atoms with Crippen molar-refractivity contribution < 1.29 is 18.7 Å². The molecule has 150 valence electrons. The normalized spacial score (nSPS) is 13.5. The minimum Gasteiger partial charge on any atom is -0.462 e. The molecule has 3 aromatic rings. The van der Waals surface area contributed by atoms with Gasteiger partial charge in [0.15, 0.2) is 5.82 Å². The number of nitrogens with two attached hydrogens (primary N) is 1. The van der Waals surface area contributed by atoms with Gasteiger partial charge in [0.1, 0.15) is 11.0 Å². The summed E-state index contributed by atoms with van der Waals surface area (Å²) in [6.07, 6.45) is 2.03. The number of carbonyl (C=O) groups excluding carboxylic acids is 2. The van der Waals surface area contributed by atoms with Crippen LogP contribution < -0.4 is 11.1 Å². The first-order chi connectivity index (χ1) is 13.8. The number of hydrogen-bond donors (Lipinski definition) is 2. The number of benzene rings is 2. The first kappa shape index (κ1) is 19.6. The molecule has 0 unspecified atom stereocenters. The quantitative estimate of drug-likeness (QED) is 0.401. The van der Waals surface area contributed by atoms with Gasteiger partial charge in [0.2, 0.25) is 0 Å². The SMILES string of the molecule is Cc1cc(I)ccc1Nc1c(C(=O)OCC2CC2)cc2nnn(C(N)=O)c2c1F. The zero-order valence-corrected chi connectivity index (χ0v) is 17.6. The Morgan fingerprint density at radius 1 is 1.38 bits per heavy atom. The number of carbonyl (C=O) groups is 2. The summed E-state index contributed by atoms with van der Waals surface area (Å²) in [4.78, 5) is 24.3. The van der Waals surface area contributed by atoms with Gasteiger partial charge in [-0.1, -0.05) is 5.21 Å². The zero-order valence-electron chi connectivity index (χ0n) is 15.4. The second-order valence-corrected chi connectivity index (χ2v) is 8.19. The van der Waals surface area contributed by atoms with E-state index >= 15 is 4.39 Å². The number of halogens is 2. The van der Waals surface area contributed by atoms with Gasteiger partial charge in [0.25, 0.3) is 0 Å². The lowest BCUT2D eigenvalue weighted by Crippen LogP contribution is -2.21. The van der Waals surface area contributed by atoms with Crippen LogP contribution >= 0.6 is 22.6 Å². The summed E-state index contributed by atoms with van der Waals surface area (Å²) in [5.74, 6) is -1.17. The van der Waals surface area contributed by atoms with Gasteiger partial charge in [-0.15, -0.1) is 5.10 Å². The molecule has 1 amide bonds. The molecular weight excluding hydrogens is 492 g/mol. The lowest BCUT2D eigenvalue weighted by molar-refractivity contribution is 0.0487. The van der Waals surface area contributed by atoms with Crippen molar-refractivity contribution in [3.05, 3.63) is 44.8 Å². The van der Waals surface area contributed by atoms with Crippen molar-refractivity contribution in [1.29, 1.82) is 0 Å². The highest BCUT2D eigenvalue weighted by atomic mass is 127. The molecule has 10 heteroatoms. The Morgan fingerprint density at radius 2 is 2.14 bits per heavy atom. The number of nitrogens with zero attached hydrogens (tertiary/aromatic N) is 3. The lowest BCUT2D eigenvalue weighted by atomic mass is 10.1. The van der Waals surface area contributed by atoms with Crippen molar-refractivity contribution in [3.63, 3.8) is 0 Å². The monoisotopic (exact) mass is 509 g/mol. The number of fused-ring (bicyclic) bond motifs is 1. The van der Waals surface area contributed by atoms with E-state index in [1.165, 1.54) is 6.07 Å². The number of ether oxygens (including phenoxy) is 1. The fourth-order valence-electron chi connectivity index (χ4n) is 2.94. The number of aryl methyl sites for hydroxylation is 1. The maximum atomic E-state index is 15.5. The summed E-state index contributed by atoms with van der Waals surface area (Å²) in [6.45, 7) is 2.15. The van der Waals surface area contributed by atoms with E-state index in [0.29, 0.717) is 16.3 Å². The van der Waals surface area contributed by atoms with Crippen molar-refractivity contribution in [1.82, 2.24) is 15.0 Å². The van der Waals surface area contributed by atoms with Gasteiger partial charge in [0.05, 0.1) is 17.9 Å². The third kappa shape index (κ3) is 3.88. The molecule has 2 aromatic carbocycles. The zero-order chi connectivity index (χ0) is 20.7. The van der Waals surface area contributed by atoms with E-state index in [1.807, 2.05) is 19.1 Å². The summed E-state index contributed by atoms with van der Waals surface area (Å²) in [7, 11) is 0. The second-order valence-electron chi connectivity index (χ2n) is 6.95. The van der Waals surface area contributed by atoms with Crippen molar-refractivity contribution in [2.45, 2.75) is 19.8 Å². The van der Waals surface area contributed by atoms with Crippen LogP contribution in [0.4, 0.5) is 20.6 Å². The fourth-order valence-corrected chi connectivity index (χ4v) is 3.58. The fraction of sp³-hybridized carbons (Fsp3) is 0.263. The maximum Gasteiger partial charge on any atom is 0.341 e. The molecule has 0 atom stereocenters. The Hall–Kier alpha value is -2.76. The summed E-state index contributed by atoms with van der Waals surface area (Å²) >= 11 is 2.18. The number of rotatable bonds is 5. The van der Waals surface area contributed by atoms with Crippen molar-refractivity contribution in [3.8, 4) is 0 Å². The highest BCUT2D eigenvalue weighted by Crippen LogP contribution is 2.33. The molecule has 8 nitrogen and oxygen atoms in total. The second kappa shape index (κ2) is 7.58. The molecule has 0 radical (unpaired) electrons. The highest BCUT2D eigenvalue weighted by Gasteiger charge is 2.28. The molecule has 1 saturated carbocycles. The minimum absolute atomic E-state index is 0.0230. The van der Waals surface area contributed by atoms with Crippen LogP contribution in [0, 0.1) is 22.2 Å². The number of amides is 1. The molecule has 1 aliphatic carbocycles. The van der Waals surface area contributed by atoms with Gasteiger partial charge in [-0.05, 0) is 78.1 Å². The number of primary amides is 1. The molecular formula is C19H17FIN5O3. The van der Waals surface area contributed by atoms with E-state index in [4.69, 9.17) is 10.5 Å². The van der Waals surface area contributed by atoms with Crippen LogP contribution in [0.3, 0.4) is 0 Å². The van der Waals surface area contributed by atoms with Crippen LogP contribution in [-0.4, -0.2) is 33.6 Å². The number of hydrogen-bond acceptors (Lipinski definition) is 6. The summed E-state index contributed by atoms with van der Waals surface area (Å²) in [5.41, 5.74) is 6.41. The van der Waals surface area contributed by atoms with E-state index in [-0.39, 0.29) is 28.9 Å². The first-order valence-corrected chi connectivity index (χ1v) is 10.0. The number of anilines is 2. The van der Waals surface area contributed by atoms with Crippen LogP contribution in [-0.2, 0) is 4.74 Å². The molecule has 1 aliphatic rings. The van der Waals surface area contributed by atoms with E-state index in [9.17, 15) is 9.59 Å². The first-order valence-electron chi connectivity index (χ1n) is 8.93. The molecule has 1 aromatic heterocycles. The van der Waals surface area contributed by atoms with Gasteiger partial charge in [0, 0.05) is 9.26 Å². The highest BCUT2D eigenvalue weighted by molar-refractivity contribution is 14.1. The third-order valence-electron chi connectivity index (χ3n) is 4.70. The molecule has 4 rings (SSSR count). The molecule has 0 spiro atoms. The molecule has 1 fully saturated rings. The maximum absolute atomic E-state index is 15.5. The van der Waals surface area contributed by atoms with Gasteiger partial charge in [-0.2, -0.15) is 4.68 Å².